The molecule has 0 aliphatic rings. The van der Waals surface area contributed by atoms with E-state index in [-0.39, 0.29) is 6.61 Å². The van der Waals surface area contributed by atoms with Crippen molar-refractivity contribution in [2.24, 2.45) is 0 Å². The molecule has 0 radical (unpaired) electrons. The van der Waals surface area contributed by atoms with Crippen LogP contribution in [0.15, 0.2) is 41.1 Å². The van der Waals surface area contributed by atoms with Gasteiger partial charge in [0.05, 0.1) is 5.56 Å². The highest BCUT2D eigenvalue weighted by Gasteiger charge is 2.09. The highest BCUT2D eigenvalue weighted by Crippen LogP contribution is 2.20. The SMILES string of the molecule is Cc1cncc(COC(=O)c2ccc(Br)c(N)c2)c1. The van der Waals surface area contributed by atoms with Gasteiger partial charge in [0.1, 0.15) is 6.61 Å². The second-order valence-electron chi connectivity index (χ2n) is 4.18. The minimum absolute atomic E-state index is 0.198. The Hall–Kier alpha value is -1.88. The van der Waals surface area contributed by atoms with Gasteiger partial charge in [0.2, 0.25) is 0 Å². The van der Waals surface area contributed by atoms with Crippen LogP contribution in [0.3, 0.4) is 0 Å². The number of nitrogen functional groups attached to an aromatic ring is 1. The lowest BCUT2D eigenvalue weighted by Crippen LogP contribution is -2.06. The summed E-state index contributed by atoms with van der Waals surface area (Å²) in [6, 6.07) is 6.90. The molecule has 0 atom stereocenters. The van der Waals surface area contributed by atoms with Gasteiger partial charge in [0.15, 0.2) is 0 Å². The number of halogens is 1. The summed E-state index contributed by atoms with van der Waals surface area (Å²) in [6.45, 7) is 2.14. The maximum Gasteiger partial charge on any atom is 0.338 e. The molecule has 0 saturated carbocycles. The van der Waals surface area contributed by atoms with E-state index in [1.165, 1.54) is 0 Å². The zero-order valence-electron chi connectivity index (χ0n) is 10.4. The van der Waals surface area contributed by atoms with E-state index in [0.29, 0.717) is 11.3 Å². The lowest BCUT2D eigenvalue weighted by molar-refractivity contribution is 0.0472. The van der Waals surface area contributed by atoms with Crippen LogP contribution in [0.5, 0.6) is 0 Å². The smallest absolute Gasteiger partial charge is 0.338 e. The van der Waals surface area contributed by atoms with Crippen LogP contribution < -0.4 is 5.73 Å². The highest BCUT2D eigenvalue weighted by molar-refractivity contribution is 9.10. The molecule has 4 nitrogen and oxygen atoms in total. The summed E-state index contributed by atoms with van der Waals surface area (Å²) < 4.78 is 5.97. The van der Waals surface area contributed by atoms with Gasteiger partial charge in [-0.2, -0.15) is 0 Å². The van der Waals surface area contributed by atoms with Crippen molar-refractivity contribution in [1.82, 2.24) is 4.98 Å². The summed E-state index contributed by atoms with van der Waals surface area (Å²) in [4.78, 5) is 15.9. The number of aromatic nitrogens is 1. The fourth-order valence-electron chi connectivity index (χ4n) is 1.60. The lowest BCUT2D eigenvalue weighted by atomic mass is 10.2. The molecule has 1 heterocycles. The van der Waals surface area contributed by atoms with E-state index in [1.807, 2.05) is 13.0 Å². The first kappa shape index (κ1) is 13.5. The van der Waals surface area contributed by atoms with Crippen LogP contribution in [0.1, 0.15) is 21.5 Å². The molecule has 0 spiro atoms. The number of aryl methyl sites for hydroxylation is 1. The molecular weight excluding hydrogens is 308 g/mol. The molecule has 2 aromatic rings. The van der Waals surface area contributed by atoms with Crippen LogP contribution in [-0.2, 0) is 11.3 Å². The average Bonchev–Trinajstić information content (AvgIpc) is 2.39. The molecule has 0 aliphatic carbocycles. The monoisotopic (exact) mass is 320 g/mol. The number of esters is 1. The Balaban J connectivity index is 2.03. The number of pyridine rings is 1. The van der Waals surface area contributed by atoms with Gasteiger partial charge in [-0.15, -0.1) is 0 Å². The van der Waals surface area contributed by atoms with E-state index in [4.69, 9.17) is 10.5 Å². The summed E-state index contributed by atoms with van der Waals surface area (Å²) >= 11 is 3.28. The van der Waals surface area contributed by atoms with Gasteiger partial charge >= 0.3 is 5.97 Å². The number of nitrogens with two attached hydrogens (primary N) is 1. The fourth-order valence-corrected chi connectivity index (χ4v) is 1.85. The first-order chi connectivity index (χ1) is 9.06. The van der Waals surface area contributed by atoms with E-state index >= 15 is 0 Å². The minimum Gasteiger partial charge on any atom is -0.457 e. The maximum atomic E-state index is 11.9. The molecule has 0 unspecified atom stereocenters. The normalized spacial score (nSPS) is 10.2. The molecule has 0 bridgehead atoms. The van der Waals surface area contributed by atoms with E-state index in [0.717, 1.165) is 15.6 Å². The maximum absolute atomic E-state index is 11.9. The summed E-state index contributed by atoms with van der Waals surface area (Å²) in [6.07, 6.45) is 3.43. The third-order valence-electron chi connectivity index (χ3n) is 2.53. The van der Waals surface area contributed by atoms with Crippen molar-refractivity contribution in [3.05, 3.63) is 57.8 Å². The topological polar surface area (TPSA) is 65.2 Å². The zero-order valence-corrected chi connectivity index (χ0v) is 12.0. The number of ether oxygens (including phenoxy) is 1. The zero-order chi connectivity index (χ0) is 13.8. The van der Waals surface area contributed by atoms with Gasteiger partial charge in [-0.3, -0.25) is 4.98 Å². The minimum atomic E-state index is -0.402. The number of carbonyl (C=O) groups is 1. The largest absolute Gasteiger partial charge is 0.457 e. The Morgan fingerprint density at radius 3 is 2.84 bits per heavy atom. The van der Waals surface area contributed by atoms with Crippen LogP contribution in [0.4, 0.5) is 5.69 Å². The molecule has 5 heteroatoms. The number of hydrogen-bond donors (Lipinski definition) is 1. The Labute approximate surface area is 119 Å². The molecule has 98 valence electrons. The van der Waals surface area contributed by atoms with E-state index in [9.17, 15) is 4.79 Å². The van der Waals surface area contributed by atoms with Gasteiger partial charge in [-0.05, 0) is 52.7 Å². The second-order valence-corrected chi connectivity index (χ2v) is 5.04. The predicted molar refractivity (Wildman–Crippen MR) is 76.6 cm³/mol. The molecule has 2 N–H and O–H groups in total. The number of benzene rings is 1. The summed E-state index contributed by atoms with van der Waals surface area (Å²) in [7, 11) is 0. The van der Waals surface area contributed by atoms with Crippen molar-refractivity contribution in [2.45, 2.75) is 13.5 Å². The van der Waals surface area contributed by atoms with Crippen molar-refractivity contribution in [3.63, 3.8) is 0 Å². The van der Waals surface area contributed by atoms with Crippen molar-refractivity contribution in [2.75, 3.05) is 5.73 Å². The quantitative estimate of drug-likeness (QED) is 0.697. The Morgan fingerprint density at radius 2 is 2.16 bits per heavy atom. The first-order valence-corrected chi connectivity index (χ1v) is 6.48. The molecule has 1 aromatic heterocycles. The van der Waals surface area contributed by atoms with Crippen molar-refractivity contribution in [3.8, 4) is 0 Å². The number of nitrogens with zero attached hydrogens (tertiary/aromatic N) is 1. The van der Waals surface area contributed by atoms with Crippen molar-refractivity contribution < 1.29 is 9.53 Å². The van der Waals surface area contributed by atoms with Crippen LogP contribution in [0, 0.1) is 6.92 Å². The van der Waals surface area contributed by atoms with Gasteiger partial charge in [-0.1, -0.05) is 0 Å². The number of carbonyl (C=O) groups excluding carboxylic acids is 1. The van der Waals surface area contributed by atoms with Gasteiger partial charge in [-0.25, -0.2) is 4.79 Å². The Bertz CT molecular complexity index is 614. The van der Waals surface area contributed by atoms with Gasteiger partial charge < -0.3 is 10.5 Å². The van der Waals surface area contributed by atoms with Crippen molar-refractivity contribution >= 4 is 27.6 Å². The molecule has 0 saturated heterocycles. The third-order valence-corrected chi connectivity index (χ3v) is 3.26. The van der Waals surface area contributed by atoms with E-state index in [1.54, 1.807) is 30.6 Å². The highest BCUT2D eigenvalue weighted by atomic mass is 79.9. The fraction of sp³-hybridized carbons (Fsp3) is 0.143. The number of hydrogen-bond acceptors (Lipinski definition) is 4. The molecule has 0 amide bonds. The van der Waals surface area contributed by atoms with Crippen LogP contribution in [0.2, 0.25) is 0 Å². The molecule has 2 rings (SSSR count). The van der Waals surface area contributed by atoms with E-state index < -0.39 is 5.97 Å². The standard InChI is InChI=1S/C14H13BrN2O2/c1-9-4-10(7-17-6-9)8-19-14(18)11-2-3-12(15)13(16)5-11/h2-7H,8,16H2,1H3. The van der Waals surface area contributed by atoms with Crippen molar-refractivity contribution in [1.29, 1.82) is 0 Å². The first-order valence-electron chi connectivity index (χ1n) is 5.69. The average molecular weight is 321 g/mol. The molecular formula is C14H13BrN2O2. The summed E-state index contributed by atoms with van der Waals surface area (Å²) in [5.74, 6) is -0.402. The van der Waals surface area contributed by atoms with Gasteiger partial charge in [0.25, 0.3) is 0 Å². The number of anilines is 1. The van der Waals surface area contributed by atoms with Gasteiger partial charge in [0, 0.05) is 28.1 Å². The third kappa shape index (κ3) is 3.54. The van der Waals surface area contributed by atoms with Crippen LogP contribution in [0.25, 0.3) is 0 Å². The molecule has 19 heavy (non-hydrogen) atoms. The predicted octanol–water partition coefficient (Wildman–Crippen LogP) is 3.09. The molecule has 0 fully saturated rings. The molecule has 1 aromatic carbocycles. The summed E-state index contributed by atoms with van der Waals surface area (Å²) in [5, 5.41) is 0. The Morgan fingerprint density at radius 1 is 1.37 bits per heavy atom. The second kappa shape index (κ2) is 5.84. The van der Waals surface area contributed by atoms with Crippen LogP contribution in [-0.4, -0.2) is 11.0 Å². The molecule has 0 aliphatic heterocycles. The van der Waals surface area contributed by atoms with E-state index in [2.05, 4.69) is 20.9 Å². The van der Waals surface area contributed by atoms with Crippen LogP contribution >= 0.6 is 15.9 Å². The summed E-state index contributed by atoms with van der Waals surface area (Å²) in [5.41, 5.74) is 8.55. The Kier molecular flexibility index (Phi) is 4.16. The lowest BCUT2D eigenvalue weighted by Gasteiger charge is -2.06. The number of rotatable bonds is 3.